The number of methoxy groups -OCH3 is 2. The smallest absolute Gasteiger partial charge is 0.267 e. The molecule has 1 heterocycles. The van der Waals surface area contributed by atoms with Crippen molar-refractivity contribution in [2.24, 2.45) is 4.99 Å². The molecular formula is C24H26N2O3S. The summed E-state index contributed by atoms with van der Waals surface area (Å²) < 4.78 is 10.9. The first-order valence-corrected chi connectivity index (χ1v) is 11.1. The van der Waals surface area contributed by atoms with Gasteiger partial charge in [-0.3, -0.25) is 9.69 Å². The highest BCUT2D eigenvalue weighted by Gasteiger charge is 2.38. The number of hydrogen-bond donors (Lipinski definition) is 0. The number of amidine groups is 1. The molecule has 1 saturated carbocycles. The molecule has 0 radical (unpaired) electrons. The lowest BCUT2D eigenvalue weighted by Gasteiger charge is -2.30. The van der Waals surface area contributed by atoms with Crippen LogP contribution in [0.5, 0.6) is 11.5 Å². The minimum Gasteiger partial charge on any atom is -0.493 e. The third-order valence-electron chi connectivity index (χ3n) is 5.48. The zero-order chi connectivity index (χ0) is 20.9. The van der Waals surface area contributed by atoms with E-state index in [2.05, 4.69) is 0 Å². The molecule has 1 saturated heterocycles. The second-order valence-corrected chi connectivity index (χ2v) is 8.40. The first-order valence-electron chi connectivity index (χ1n) is 10.3. The summed E-state index contributed by atoms with van der Waals surface area (Å²) in [5.41, 5.74) is 1.67. The summed E-state index contributed by atoms with van der Waals surface area (Å²) in [6.07, 6.45) is 7.48. The Hall–Kier alpha value is -2.73. The van der Waals surface area contributed by atoms with Crippen LogP contribution in [0.25, 0.3) is 6.08 Å². The largest absolute Gasteiger partial charge is 0.493 e. The number of aliphatic imine (C=N–C) groups is 1. The summed E-state index contributed by atoms with van der Waals surface area (Å²) in [6, 6.07) is 15.7. The summed E-state index contributed by atoms with van der Waals surface area (Å²) in [4.78, 5) is 20.8. The first kappa shape index (κ1) is 20.5. The number of nitrogens with zero attached hydrogens (tertiary/aromatic N) is 2. The maximum absolute atomic E-state index is 13.4. The number of para-hydroxylation sites is 2. The van der Waals surface area contributed by atoms with Crippen LogP contribution in [0.3, 0.4) is 0 Å². The Morgan fingerprint density at radius 1 is 1.00 bits per heavy atom. The number of hydrogen-bond acceptors (Lipinski definition) is 5. The minimum atomic E-state index is 0.0199. The first-order chi connectivity index (χ1) is 14.7. The molecule has 2 aliphatic rings. The van der Waals surface area contributed by atoms with Gasteiger partial charge in [-0.1, -0.05) is 49.6 Å². The van der Waals surface area contributed by atoms with E-state index >= 15 is 0 Å². The molecule has 30 heavy (non-hydrogen) atoms. The maximum atomic E-state index is 13.4. The molecule has 2 aromatic carbocycles. The second-order valence-electron chi connectivity index (χ2n) is 7.39. The van der Waals surface area contributed by atoms with E-state index in [0.717, 1.165) is 42.1 Å². The van der Waals surface area contributed by atoms with Crippen LogP contribution in [0.1, 0.15) is 37.7 Å². The van der Waals surface area contributed by atoms with Crippen LogP contribution < -0.4 is 9.47 Å². The lowest BCUT2D eigenvalue weighted by atomic mass is 9.94. The standard InChI is InChI=1S/C24H26N2O3S/c1-28-20-15-9-10-17(22(20)29-2)16-21-23(27)26(19-13-7-4-8-14-19)24(30-21)25-18-11-5-3-6-12-18/h3,5-6,9-12,15-16,19H,4,7-8,13-14H2,1-2H3/b21-16-,25-24?. The van der Waals surface area contributed by atoms with Crippen molar-refractivity contribution in [3.05, 3.63) is 59.0 Å². The van der Waals surface area contributed by atoms with Crippen molar-refractivity contribution in [2.45, 2.75) is 38.1 Å². The summed E-state index contributed by atoms with van der Waals surface area (Å²) in [5, 5.41) is 0.756. The fourth-order valence-electron chi connectivity index (χ4n) is 4.01. The van der Waals surface area contributed by atoms with Crippen molar-refractivity contribution >= 4 is 34.6 Å². The Morgan fingerprint density at radius 2 is 1.77 bits per heavy atom. The fourth-order valence-corrected chi connectivity index (χ4v) is 5.06. The number of benzene rings is 2. The van der Waals surface area contributed by atoms with Gasteiger partial charge in [0.25, 0.3) is 5.91 Å². The molecule has 4 rings (SSSR count). The number of carbonyl (C=O) groups excluding carboxylic acids is 1. The van der Waals surface area contributed by atoms with Crippen LogP contribution in [0.15, 0.2) is 58.4 Å². The van der Waals surface area contributed by atoms with Crippen LogP contribution >= 0.6 is 11.8 Å². The van der Waals surface area contributed by atoms with E-state index in [9.17, 15) is 4.79 Å². The number of ether oxygens (including phenoxy) is 2. The molecule has 0 bridgehead atoms. The quantitative estimate of drug-likeness (QED) is 0.585. The van der Waals surface area contributed by atoms with Gasteiger partial charge in [-0.15, -0.1) is 0 Å². The van der Waals surface area contributed by atoms with Gasteiger partial charge in [0.2, 0.25) is 0 Å². The van der Waals surface area contributed by atoms with E-state index in [1.807, 2.05) is 59.5 Å². The molecule has 5 nitrogen and oxygen atoms in total. The van der Waals surface area contributed by atoms with Gasteiger partial charge < -0.3 is 9.47 Å². The topological polar surface area (TPSA) is 51.1 Å². The molecular weight excluding hydrogens is 396 g/mol. The van der Waals surface area contributed by atoms with E-state index in [1.54, 1.807) is 14.2 Å². The van der Waals surface area contributed by atoms with Crippen LogP contribution in [0.4, 0.5) is 5.69 Å². The SMILES string of the molecule is COc1cccc(/C=C2\SC(=Nc3ccccc3)N(C3CCCCC3)C2=O)c1OC. The predicted molar refractivity (Wildman–Crippen MR) is 122 cm³/mol. The van der Waals surface area contributed by atoms with E-state index in [4.69, 9.17) is 14.5 Å². The van der Waals surface area contributed by atoms with Crippen LogP contribution in [0.2, 0.25) is 0 Å². The zero-order valence-corrected chi connectivity index (χ0v) is 18.2. The number of amides is 1. The van der Waals surface area contributed by atoms with Gasteiger partial charge in [0.1, 0.15) is 0 Å². The van der Waals surface area contributed by atoms with Crippen molar-refractivity contribution in [3.8, 4) is 11.5 Å². The summed E-state index contributed by atoms with van der Waals surface area (Å²) in [6.45, 7) is 0. The molecule has 1 aliphatic carbocycles. The van der Waals surface area contributed by atoms with Crippen LogP contribution in [-0.4, -0.2) is 36.2 Å². The minimum absolute atomic E-state index is 0.0199. The molecule has 156 valence electrons. The lowest BCUT2D eigenvalue weighted by Crippen LogP contribution is -2.40. The zero-order valence-electron chi connectivity index (χ0n) is 17.3. The van der Waals surface area contributed by atoms with Crippen LogP contribution in [-0.2, 0) is 4.79 Å². The number of thioether (sulfide) groups is 1. The fraction of sp³-hybridized carbons (Fsp3) is 0.333. The predicted octanol–water partition coefficient (Wildman–Crippen LogP) is 5.64. The summed E-state index contributed by atoms with van der Waals surface area (Å²) >= 11 is 1.43. The third-order valence-corrected chi connectivity index (χ3v) is 6.46. The Labute approximate surface area is 181 Å². The molecule has 0 atom stereocenters. The van der Waals surface area contributed by atoms with Crippen LogP contribution in [0, 0.1) is 0 Å². The van der Waals surface area contributed by atoms with Crippen molar-refractivity contribution in [2.75, 3.05) is 14.2 Å². The summed E-state index contributed by atoms with van der Waals surface area (Å²) in [7, 11) is 3.22. The summed E-state index contributed by atoms with van der Waals surface area (Å²) in [5.74, 6) is 1.29. The highest BCUT2D eigenvalue weighted by molar-refractivity contribution is 8.18. The molecule has 0 aromatic heterocycles. The molecule has 0 unspecified atom stereocenters. The van der Waals surface area contributed by atoms with Gasteiger partial charge in [-0.05, 0) is 48.9 Å². The van der Waals surface area contributed by atoms with Crippen molar-refractivity contribution in [1.82, 2.24) is 4.90 Å². The average Bonchev–Trinajstić information content (AvgIpc) is 3.09. The van der Waals surface area contributed by atoms with Gasteiger partial charge in [0, 0.05) is 11.6 Å². The molecule has 0 spiro atoms. The lowest BCUT2D eigenvalue weighted by molar-refractivity contribution is -0.124. The molecule has 1 aliphatic heterocycles. The average molecular weight is 423 g/mol. The van der Waals surface area contributed by atoms with Gasteiger partial charge in [-0.25, -0.2) is 4.99 Å². The highest BCUT2D eigenvalue weighted by Crippen LogP contribution is 2.40. The third kappa shape index (κ3) is 4.24. The Balaban J connectivity index is 1.73. The van der Waals surface area contributed by atoms with Gasteiger partial charge in [0.05, 0.1) is 24.8 Å². The number of carbonyl (C=O) groups is 1. The Morgan fingerprint density at radius 3 is 2.47 bits per heavy atom. The van der Waals surface area contributed by atoms with Gasteiger partial charge >= 0.3 is 0 Å². The monoisotopic (exact) mass is 422 g/mol. The maximum Gasteiger partial charge on any atom is 0.267 e. The van der Waals surface area contributed by atoms with Crippen molar-refractivity contribution < 1.29 is 14.3 Å². The molecule has 2 fully saturated rings. The Bertz CT molecular complexity index is 966. The Kier molecular flexibility index (Phi) is 6.43. The van der Waals surface area contributed by atoms with E-state index in [0.29, 0.717) is 16.4 Å². The van der Waals surface area contributed by atoms with Crippen molar-refractivity contribution in [3.63, 3.8) is 0 Å². The molecule has 6 heteroatoms. The normalized spacial score (nSPS) is 20.2. The van der Waals surface area contributed by atoms with E-state index < -0.39 is 0 Å². The van der Waals surface area contributed by atoms with E-state index in [1.165, 1.54) is 18.2 Å². The molecule has 2 aromatic rings. The van der Waals surface area contributed by atoms with Crippen molar-refractivity contribution in [1.29, 1.82) is 0 Å². The number of rotatable bonds is 5. The van der Waals surface area contributed by atoms with E-state index in [-0.39, 0.29) is 11.9 Å². The van der Waals surface area contributed by atoms with Gasteiger partial charge in [0.15, 0.2) is 16.7 Å². The van der Waals surface area contributed by atoms with Gasteiger partial charge in [-0.2, -0.15) is 0 Å². The molecule has 1 amide bonds. The second kappa shape index (κ2) is 9.39. The molecule has 0 N–H and O–H groups in total. The highest BCUT2D eigenvalue weighted by atomic mass is 32.2.